The number of ether oxygens (including phenoxy) is 2. The Morgan fingerprint density at radius 3 is 2.56 bits per heavy atom. The Labute approximate surface area is 240 Å². The summed E-state index contributed by atoms with van der Waals surface area (Å²) in [5, 5.41) is 0.272. The van der Waals surface area contributed by atoms with Gasteiger partial charge in [-0.25, -0.2) is 14.8 Å². The van der Waals surface area contributed by atoms with Gasteiger partial charge in [-0.15, -0.1) is 0 Å². The zero-order chi connectivity index (χ0) is 29.5. The average molecular weight is 593 g/mol. The lowest BCUT2D eigenvalue weighted by Crippen LogP contribution is -2.46. The number of aromatic amines is 1. The Morgan fingerprint density at radius 1 is 1.10 bits per heavy atom. The van der Waals surface area contributed by atoms with Crippen LogP contribution in [0.15, 0.2) is 41.3 Å². The van der Waals surface area contributed by atoms with Gasteiger partial charge in [-0.2, -0.15) is 18.2 Å². The molecule has 0 spiro atoms. The van der Waals surface area contributed by atoms with Crippen molar-refractivity contribution in [3.63, 3.8) is 0 Å². The Bertz CT molecular complexity index is 1390. The lowest BCUT2D eigenvalue weighted by Gasteiger charge is -2.37. The normalized spacial score (nSPS) is 15.0. The quantitative estimate of drug-likeness (QED) is 0.244. The van der Waals surface area contributed by atoms with Crippen molar-refractivity contribution in [2.45, 2.75) is 64.5 Å². The summed E-state index contributed by atoms with van der Waals surface area (Å²) in [7, 11) is 0. The minimum Gasteiger partial charge on any atom is -0.478 e. The predicted molar refractivity (Wildman–Crippen MR) is 148 cm³/mol. The Kier molecular flexibility index (Phi) is 10.1. The smallest absolute Gasteiger partial charge is 0.401 e. The third-order valence-electron chi connectivity index (χ3n) is 7.24. The first-order chi connectivity index (χ1) is 19.6. The van der Waals surface area contributed by atoms with Crippen molar-refractivity contribution in [2.24, 2.45) is 5.41 Å². The van der Waals surface area contributed by atoms with E-state index in [-0.39, 0.29) is 42.4 Å². The van der Waals surface area contributed by atoms with Crippen LogP contribution in [0.5, 0.6) is 5.88 Å². The average Bonchev–Trinajstić information content (AvgIpc) is 2.96. The highest BCUT2D eigenvalue weighted by Gasteiger charge is 2.58. The molecule has 1 saturated carbocycles. The van der Waals surface area contributed by atoms with Crippen LogP contribution in [0.1, 0.15) is 57.4 Å². The number of ketones is 1. The van der Waals surface area contributed by atoms with E-state index in [1.807, 2.05) is 6.92 Å². The topological polar surface area (TPSA) is 107 Å². The van der Waals surface area contributed by atoms with E-state index in [2.05, 4.69) is 19.9 Å². The van der Waals surface area contributed by atoms with Crippen LogP contribution in [-0.4, -0.2) is 51.7 Å². The number of pyridine rings is 1. The second-order valence-electron chi connectivity index (χ2n) is 9.99. The maximum atomic E-state index is 13.9. The summed E-state index contributed by atoms with van der Waals surface area (Å²) < 4.78 is 52.7. The van der Waals surface area contributed by atoms with Crippen molar-refractivity contribution in [2.75, 3.05) is 19.8 Å². The Hall–Kier alpha value is -3.31. The molecule has 1 aliphatic carbocycles. The summed E-state index contributed by atoms with van der Waals surface area (Å²) in [4.78, 5) is 40.5. The largest absolute Gasteiger partial charge is 0.478 e. The number of rotatable bonds is 12. The summed E-state index contributed by atoms with van der Waals surface area (Å²) in [5.74, 6) is -0.136. The fourth-order valence-electron chi connectivity index (χ4n) is 5.00. The van der Waals surface area contributed by atoms with E-state index in [0.717, 1.165) is 6.42 Å². The number of halogens is 4. The molecule has 0 bridgehead atoms. The van der Waals surface area contributed by atoms with Gasteiger partial charge in [0.1, 0.15) is 17.0 Å². The van der Waals surface area contributed by atoms with Crippen LogP contribution in [0.3, 0.4) is 0 Å². The minimum atomic E-state index is -4.57. The SMILES string of the molecule is CCOCCCOc1ccc(-c2nc(-c3cc(CCC(=O)C4(C(F)(F)F)CCCCC4)ccc3Cl)[nH]c(=O)n2)cn1. The molecule has 220 valence electrons. The third kappa shape index (κ3) is 7.51. The molecule has 0 atom stereocenters. The molecule has 3 aromatic rings. The first kappa shape index (κ1) is 30.6. The molecular formula is C29H32ClF3N4O4. The molecule has 4 rings (SSSR count). The van der Waals surface area contributed by atoms with Crippen molar-refractivity contribution in [3.8, 4) is 28.7 Å². The predicted octanol–water partition coefficient (Wildman–Crippen LogP) is 6.37. The van der Waals surface area contributed by atoms with Crippen molar-refractivity contribution in [1.82, 2.24) is 19.9 Å². The fraction of sp³-hybridized carbons (Fsp3) is 0.483. The molecule has 1 aromatic carbocycles. The minimum absolute atomic E-state index is 0.0962. The number of aryl methyl sites for hydroxylation is 1. The molecule has 1 aliphatic rings. The molecule has 1 fully saturated rings. The highest BCUT2D eigenvalue weighted by atomic mass is 35.5. The molecule has 1 N–H and O–H groups in total. The van der Waals surface area contributed by atoms with E-state index < -0.39 is 23.1 Å². The van der Waals surface area contributed by atoms with Gasteiger partial charge in [0.05, 0.1) is 11.6 Å². The summed E-state index contributed by atoms with van der Waals surface area (Å²) in [6, 6.07) is 8.16. The van der Waals surface area contributed by atoms with E-state index in [9.17, 15) is 22.8 Å². The van der Waals surface area contributed by atoms with Crippen molar-refractivity contribution < 1.29 is 27.4 Å². The molecule has 0 aliphatic heterocycles. The van der Waals surface area contributed by atoms with Crippen LogP contribution in [-0.2, 0) is 16.0 Å². The Morgan fingerprint density at radius 2 is 1.88 bits per heavy atom. The zero-order valence-electron chi connectivity index (χ0n) is 22.7. The standard InChI is InChI=1S/C29H32ClF3N4O4/c1-2-40-15-6-16-41-24-12-9-20(18-34-24)25-35-26(37-27(39)36-25)21-17-19(7-10-22(21)30)8-11-23(38)28(29(31,32)33)13-4-3-5-14-28/h7,9-10,12,17-18H,2-6,8,11,13-16H2,1H3,(H,35,36,37,39). The van der Waals surface area contributed by atoms with Gasteiger partial charge in [-0.05, 0) is 49.9 Å². The molecule has 0 unspecified atom stereocenters. The van der Waals surface area contributed by atoms with Crippen molar-refractivity contribution >= 4 is 17.4 Å². The summed E-state index contributed by atoms with van der Waals surface area (Å²) in [6.07, 6.45) is -1.38. The number of Topliss-reactive ketones (excluding diaryl/α,β-unsaturated/α-hetero) is 1. The van der Waals surface area contributed by atoms with Crippen LogP contribution in [0.4, 0.5) is 13.2 Å². The van der Waals surface area contributed by atoms with Gasteiger partial charge in [-0.1, -0.05) is 36.9 Å². The molecule has 0 saturated heterocycles. The van der Waals surface area contributed by atoms with Gasteiger partial charge in [0.2, 0.25) is 5.88 Å². The van der Waals surface area contributed by atoms with Gasteiger partial charge in [0.15, 0.2) is 5.82 Å². The highest BCUT2D eigenvalue weighted by Crippen LogP contribution is 2.50. The summed E-state index contributed by atoms with van der Waals surface area (Å²) >= 11 is 6.41. The summed E-state index contributed by atoms with van der Waals surface area (Å²) in [5.41, 5.74) is -1.50. The number of alkyl halides is 3. The van der Waals surface area contributed by atoms with E-state index >= 15 is 0 Å². The van der Waals surface area contributed by atoms with Crippen molar-refractivity contribution in [1.29, 1.82) is 0 Å². The summed E-state index contributed by atoms with van der Waals surface area (Å²) in [6.45, 7) is 3.59. The molecule has 2 aromatic heterocycles. The number of carbonyl (C=O) groups excluding carboxylic acids is 1. The maximum absolute atomic E-state index is 13.9. The second-order valence-corrected chi connectivity index (χ2v) is 10.4. The number of carbonyl (C=O) groups is 1. The lowest BCUT2D eigenvalue weighted by atomic mass is 9.69. The van der Waals surface area contributed by atoms with Gasteiger partial charge >= 0.3 is 11.9 Å². The molecule has 0 radical (unpaired) electrons. The van der Waals surface area contributed by atoms with Crippen LogP contribution in [0.25, 0.3) is 22.8 Å². The maximum Gasteiger partial charge on any atom is 0.401 e. The van der Waals surface area contributed by atoms with Crippen LogP contribution >= 0.6 is 11.6 Å². The first-order valence-electron chi connectivity index (χ1n) is 13.7. The number of nitrogens with one attached hydrogen (secondary N) is 1. The van der Waals surface area contributed by atoms with E-state index in [4.69, 9.17) is 21.1 Å². The van der Waals surface area contributed by atoms with Gasteiger partial charge in [0.25, 0.3) is 0 Å². The number of aromatic nitrogens is 4. The van der Waals surface area contributed by atoms with E-state index in [0.29, 0.717) is 61.7 Å². The number of H-pyrrole nitrogens is 1. The number of benzene rings is 1. The fourth-order valence-corrected chi connectivity index (χ4v) is 5.21. The van der Waals surface area contributed by atoms with Gasteiger partial charge in [0, 0.05) is 49.4 Å². The monoisotopic (exact) mass is 592 g/mol. The molecule has 12 heteroatoms. The molecular weight excluding hydrogens is 561 g/mol. The number of hydrogen-bond donors (Lipinski definition) is 1. The van der Waals surface area contributed by atoms with Crippen LogP contribution < -0.4 is 10.4 Å². The molecule has 41 heavy (non-hydrogen) atoms. The lowest BCUT2D eigenvalue weighted by molar-refractivity contribution is -0.228. The van der Waals surface area contributed by atoms with Gasteiger partial charge < -0.3 is 9.47 Å². The molecule has 2 heterocycles. The Balaban J connectivity index is 1.50. The number of nitrogens with zero attached hydrogens (tertiary/aromatic N) is 3. The van der Waals surface area contributed by atoms with Crippen molar-refractivity contribution in [3.05, 3.63) is 57.6 Å². The van der Waals surface area contributed by atoms with Gasteiger partial charge in [-0.3, -0.25) is 9.78 Å². The second kappa shape index (κ2) is 13.6. The molecule has 0 amide bonds. The first-order valence-corrected chi connectivity index (χ1v) is 14.0. The van der Waals surface area contributed by atoms with E-state index in [1.165, 1.54) is 6.20 Å². The van der Waals surface area contributed by atoms with Crippen LogP contribution in [0, 0.1) is 5.41 Å². The zero-order valence-corrected chi connectivity index (χ0v) is 23.5. The third-order valence-corrected chi connectivity index (χ3v) is 7.57. The highest BCUT2D eigenvalue weighted by molar-refractivity contribution is 6.33. The van der Waals surface area contributed by atoms with Crippen LogP contribution in [0.2, 0.25) is 5.02 Å². The number of hydrogen-bond acceptors (Lipinski definition) is 7. The molecule has 8 nitrogen and oxygen atoms in total. The van der Waals surface area contributed by atoms with E-state index in [1.54, 1.807) is 30.3 Å².